The van der Waals surface area contributed by atoms with Gasteiger partial charge in [0.1, 0.15) is 11.9 Å². The van der Waals surface area contributed by atoms with Crippen molar-refractivity contribution in [1.29, 1.82) is 5.26 Å². The first-order valence-corrected chi connectivity index (χ1v) is 6.60. The van der Waals surface area contributed by atoms with Crippen LogP contribution in [-0.2, 0) is 9.59 Å². The zero-order valence-electron chi connectivity index (χ0n) is 11.7. The molecule has 1 fully saturated rings. The Bertz CT molecular complexity index is 636. The van der Waals surface area contributed by atoms with Crippen molar-refractivity contribution in [3.63, 3.8) is 0 Å². The standard InChI is InChI=1S/C15H15FN2O3/c1-8(2)18-13(19)6-11(15(20)21)14(18)9-3-4-12(16)10(5-9)7-17/h3-5,8,11,14H,6H2,1-2H3,(H,20,21). The zero-order chi connectivity index (χ0) is 15.7. The molecule has 0 saturated carbocycles. The number of hydrogen-bond acceptors (Lipinski definition) is 3. The molecule has 2 unspecified atom stereocenters. The summed E-state index contributed by atoms with van der Waals surface area (Å²) in [6.07, 6.45) is -0.0859. The first-order valence-electron chi connectivity index (χ1n) is 6.60. The number of carbonyl (C=O) groups excluding carboxylic acids is 1. The maximum atomic E-state index is 13.4. The van der Waals surface area contributed by atoms with Gasteiger partial charge in [0.2, 0.25) is 5.91 Å². The number of aliphatic carboxylic acids is 1. The molecule has 1 aromatic rings. The molecule has 1 heterocycles. The fourth-order valence-corrected chi connectivity index (χ4v) is 2.79. The fraction of sp³-hybridized carbons (Fsp3) is 0.400. The largest absolute Gasteiger partial charge is 0.481 e. The van der Waals surface area contributed by atoms with Crippen molar-refractivity contribution in [3.8, 4) is 6.07 Å². The molecule has 0 radical (unpaired) electrons. The van der Waals surface area contributed by atoms with Gasteiger partial charge in [-0.15, -0.1) is 0 Å². The average molecular weight is 290 g/mol. The summed E-state index contributed by atoms with van der Waals surface area (Å²) in [4.78, 5) is 25.0. The number of nitrogens with zero attached hydrogens (tertiary/aromatic N) is 2. The summed E-state index contributed by atoms with van der Waals surface area (Å²) < 4.78 is 13.4. The van der Waals surface area contributed by atoms with E-state index in [1.807, 2.05) is 0 Å². The van der Waals surface area contributed by atoms with Gasteiger partial charge in [-0.25, -0.2) is 4.39 Å². The molecule has 1 aromatic carbocycles. The van der Waals surface area contributed by atoms with Crippen molar-refractivity contribution < 1.29 is 19.1 Å². The second-order valence-corrected chi connectivity index (χ2v) is 5.34. The normalized spacial score (nSPS) is 21.7. The minimum atomic E-state index is -1.07. The smallest absolute Gasteiger partial charge is 0.309 e. The van der Waals surface area contributed by atoms with E-state index < -0.39 is 23.7 Å². The van der Waals surface area contributed by atoms with E-state index in [1.165, 1.54) is 17.0 Å². The number of hydrogen-bond donors (Lipinski definition) is 1. The Morgan fingerprint density at radius 3 is 2.71 bits per heavy atom. The summed E-state index contributed by atoms with van der Waals surface area (Å²) in [6.45, 7) is 3.59. The highest BCUT2D eigenvalue weighted by atomic mass is 19.1. The van der Waals surface area contributed by atoms with Gasteiger partial charge < -0.3 is 10.0 Å². The van der Waals surface area contributed by atoms with Crippen LogP contribution in [0.4, 0.5) is 4.39 Å². The van der Waals surface area contributed by atoms with Crippen LogP contribution in [0.1, 0.15) is 37.4 Å². The SMILES string of the molecule is CC(C)N1C(=O)CC(C(=O)O)C1c1ccc(F)c(C#N)c1. The minimum Gasteiger partial charge on any atom is -0.481 e. The fourth-order valence-electron chi connectivity index (χ4n) is 2.79. The third-order valence-corrected chi connectivity index (χ3v) is 3.69. The quantitative estimate of drug-likeness (QED) is 0.924. The molecule has 5 nitrogen and oxygen atoms in total. The van der Waals surface area contributed by atoms with Gasteiger partial charge in [0.05, 0.1) is 17.5 Å². The van der Waals surface area contributed by atoms with Crippen molar-refractivity contribution in [1.82, 2.24) is 4.90 Å². The second-order valence-electron chi connectivity index (χ2n) is 5.34. The molecule has 1 aliphatic heterocycles. The van der Waals surface area contributed by atoms with Crippen molar-refractivity contribution in [2.24, 2.45) is 5.92 Å². The first kappa shape index (κ1) is 15.0. The Morgan fingerprint density at radius 2 is 2.19 bits per heavy atom. The van der Waals surface area contributed by atoms with Crippen LogP contribution in [0, 0.1) is 23.1 Å². The van der Waals surface area contributed by atoms with E-state index in [4.69, 9.17) is 5.26 Å². The van der Waals surface area contributed by atoms with Crippen molar-refractivity contribution in [3.05, 3.63) is 35.1 Å². The Balaban J connectivity index is 2.53. The third kappa shape index (κ3) is 2.59. The van der Waals surface area contributed by atoms with Crippen molar-refractivity contribution in [2.45, 2.75) is 32.4 Å². The maximum absolute atomic E-state index is 13.4. The molecule has 1 aliphatic rings. The predicted octanol–water partition coefficient (Wildman–Crippen LogP) is 2.08. The lowest BCUT2D eigenvalue weighted by molar-refractivity contribution is -0.142. The maximum Gasteiger partial charge on any atom is 0.309 e. The summed E-state index contributed by atoms with van der Waals surface area (Å²) in [5.74, 6) is -2.87. The molecule has 21 heavy (non-hydrogen) atoms. The molecule has 1 amide bonds. The topological polar surface area (TPSA) is 81.4 Å². The van der Waals surface area contributed by atoms with E-state index in [1.54, 1.807) is 19.9 Å². The highest BCUT2D eigenvalue weighted by Gasteiger charge is 2.45. The van der Waals surface area contributed by atoms with Gasteiger partial charge in [0.25, 0.3) is 0 Å². The molecule has 2 atom stereocenters. The number of halogens is 1. The lowest BCUT2D eigenvalue weighted by atomic mass is 9.92. The van der Waals surface area contributed by atoms with E-state index >= 15 is 0 Å². The van der Waals surface area contributed by atoms with Crippen LogP contribution in [-0.4, -0.2) is 27.9 Å². The monoisotopic (exact) mass is 290 g/mol. The van der Waals surface area contributed by atoms with Crippen LogP contribution in [0.25, 0.3) is 0 Å². The predicted molar refractivity (Wildman–Crippen MR) is 71.6 cm³/mol. The number of amides is 1. The summed E-state index contributed by atoms with van der Waals surface area (Å²) in [7, 11) is 0. The van der Waals surface area contributed by atoms with Gasteiger partial charge in [-0.05, 0) is 31.5 Å². The van der Waals surface area contributed by atoms with Gasteiger partial charge in [-0.3, -0.25) is 9.59 Å². The van der Waals surface area contributed by atoms with E-state index in [0.29, 0.717) is 5.56 Å². The number of nitriles is 1. The lowest BCUT2D eigenvalue weighted by Crippen LogP contribution is -2.36. The number of carbonyl (C=O) groups is 2. The van der Waals surface area contributed by atoms with E-state index in [9.17, 15) is 19.1 Å². The Morgan fingerprint density at radius 1 is 1.52 bits per heavy atom. The molecular formula is C15H15FN2O3. The third-order valence-electron chi connectivity index (χ3n) is 3.69. The molecule has 1 saturated heterocycles. The molecule has 2 rings (SSSR count). The van der Waals surface area contributed by atoms with Crippen LogP contribution in [0.2, 0.25) is 0 Å². The van der Waals surface area contributed by atoms with Crippen LogP contribution < -0.4 is 0 Å². The number of benzene rings is 1. The number of likely N-dealkylation sites (tertiary alicyclic amines) is 1. The summed E-state index contributed by atoms with van der Waals surface area (Å²) in [6, 6.07) is 4.77. The molecule has 0 aromatic heterocycles. The molecule has 0 aliphatic carbocycles. The summed E-state index contributed by atoms with van der Waals surface area (Å²) in [5.41, 5.74) is 0.319. The minimum absolute atomic E-state index is 0.0859. The van der Waals surface area contributed by atoms with E-state index in [-0.39, 0.29) is 23.9 Å². The zero-order valence-corrected chi connectivity index (χ0v) is 11.7. The molecule has 6 heteroatoms. The molecule has 110 valence electrons. The Kier molecular flexibility index (Phi) is 3.94. The number of carboxylic acids is 1. The van der Waals surface area contributed by atoms with Gasteiger partial charge in [0, 0.05) is 12.5 Å². The Labute approximate surface area is 121 Å². The van der Waals surface area contributed by atoms with Crippen LogP contribution in [0.3, 0.4) is 0 Å². The Hall–Kier alpha value is -2.42. The van der Waals surface area contributed by atoms with Crippen LogP contribution in [0.15, 0.2) is 18.2 Å². The van der Waals surface area contributed by atoms with Gasteiger partial charge in [-0.2, -0.15) is 5.26 Å². The van der Waals surface area contributed by atoms with E-state index in [0.717, 1.165) is 6.07 Å². The number of rotatable bonds is 3. The second kappa shape index (κ2) is 5.52. The summed E-state index contributed by atoms with van der Waals surface area (Å²) in [5, 5.41) is 18.2. The van der Waals surface area contributed by atoms with Gasteiger partial charge in [-0.1, -0.05) is 6.07 Å². The number of carboxylic acid groups (broad SMARTS) is 1. The van der Waals surface area contributed by atoms with Gasteiger partial charge in [0.15, 0.2) is 0 Å². The first-order chi connectivity index (χ1) is 9.86. The van der Waals surface area contributed by atoms with Crippen molar-refractivity contribution >= 4 is 11.9 Å². The van der Waals surface area contributed by atoms with Crippen LogP contribution in [0.5, 0.6) is 0 Å². The molecule has 0 bridgehead atoms. The molecular weight excluding hydrogens is 275 g/mol. The van der Waals surface area contributed by atoms with Crippen LogP contribution >= 0.6 is 0 Å². The van der Waals surface area contributed by atoms with Gasteiger partial charge >= 0.3 is 5.97 Å². The average Bonchev–Trinajstić information content (AvgIpc) is 2.77. The van der Waals surface area contributed by atoms with Crippen molar-refractivity contribution in [2.75, 3.05) is 0 Å². The van der Waals surface area contributed by atoms with E-state index in [2.05, 4.69) is 0 Å². The summed E-state index contributed by atoms with van der Waals surface area (Å²) >= 11 is 0. The molecule has 0 spiro atoms. The highest BCUT2D eigenvalue weighted by molar-refractivity contribution is 5.87. The highest BCUT2D eigenvalue weighted by Crippen LogP contribution is 2.40. The molecule has 1 N–H and O–H groups in total. The lowest BCUT2D eigenvalue weighted by Gasteiger charge is -2.30.